The number of benzene rings is 1. The summed E-state index contributed by atoms with van der Waals surface area (Å²) in [5.74, 6) is -0.352. The highest BCUT2D eigenvalue weighted by Gasteiger charge is 2.52. The van der Waals surface area contributed by atoms with Gasteiger partial charge < -0.3 is 9.31 Å². The zero-order chi connectivity index (χ0) is 14.5. The molecule has 0 saturated carbocycles. The van der Waals surface area contributed by atoms with Crippen LogP contribution in [0.15, 0.2) is 30.5 Å². The predicted molar refractivity (Wildman–Crippen MR) is 77.4 cm³/mol. The van der Waals surface area contributed by atoms with Crippen molar-refractivity contribution < 1.29 is 13.7 Å². The smallest absolute Gasteiger partial charge is 0.399 e. The van der Waals surface area contributed by atoms with Gasteiger partial charge in [0.2, 0.25) is 0 Å². The molecule has 0 N–H and O–H groups in total. The van der Waals surface area contributed by atoms with E-state index in [4.69, 9.17) is 9.31 Å². The minimum atomic E-state index is -0.690. The lowest BCUT2D eigenvalue weighted by molar-refractivity contribution is 0.00578. The van der Waals surface area contributed by atoms with E-state index >= 15 is 0 Å². The highest BCUT2D eigenvalue weighted by molar-refractivity contribution is 6.62. The zero-order valence-electron chi connectivity index (χ0n) is 12.1. The molecule has 0 bridgehead atoms. The van der Waals surface area contributed by atoms with E-state index in [2.05, 4.69) is 4.98 Å². The number of halogens is 1. The summed E-state index contributed by atoms with van der Waals surface area (Å²) >= 11 is 0. The van der Waals surface area contributed by atoms with Crippen molar-refractivity contribution in [3.05, 3.63) is 36.3 Å². The highest BCUT2D eigenvalue weighted by atomic mass is 19.1. The molecule has 2 aromatic rings. The maximum Gasteiger partial charge on any atom is 0.497 e. The Morgan fingerprint density at radius 1 is 1.10 bits per heavy atom. The molecule has 1 aliphatic heterocycles. The average molecular weight is 273 g/mol. The van der Waals surface area contributed by atoms with Crippen LogP contribution in [0.4, 0.5) is 4.39 Å². The normalized spacial score (nSPS) is 20.6. The second-order valence-electron chi connectivity index (χ2n) is 6.16. The van der Waals surface area contributed by atoms with Crippen LogP contribution in [0.3, 0.4) is 0 Å². The molecule has 5 heteroatoms. The molecule has 1 saturated heterocycles. The molecule has 3 rings (SSSR count). The van der Waals surface area contributed by atoms with Crippen LogP contribution in [0.25, 0.3) is 10.9 Å². The lowest BCUT2D eigenvalue weighted by Gasteiger charge is -2.32. The summed E-state index contributed by atoms with van der Waals surface area (Å²) in [6.45, 7) is 7.81. The molecule has 1 aromatic heterocycles. The fraction of sp³-hybridized carbons (Fsp3) is 0.400. The fourth-order valence-corrected chi connectivity index (χ4v) is 2.26. The molecule has 104 valence electrons. The van der Waals surface area contributed by atoms with E-state index < -0.39 is 18.3 Å². The summed E-state index contributed by atoms with van der Waals surface area (Å²) < 4.78 is 26.1. The van der Waals surface area contributed by atoms with Crippen LogP contribution >= 0.6 is 0 Å². The van der Waals surface area contributed by atoms with Crippen LogP contribution in [0.2, 0.25) is 0 Å². The van der Waals surface area contributed by atoms with Crippen molar-refractivity contribution in [2.24, 2.45) is 0 Å². The van der Waals surface area contributed by atoms with Crippen molar-refractivity contribution in [2.45, 2.75) is 38.9 Å². The summed E-state index contributed by atoms with van der Waals surface area (Å²) in [7, 11) is -0.690. The molecule has 0 unspecified atom stereocenters. The van der Waals surface area contributed by atoms with Gasteiger partial charge in [0.05, 0.1) is 16.7 Å². The number of hydrogen-bond donors (Lipinski definition) is 0. The Hall–Kier alpha value is -1.46. The van der Waals surface area contributed by atoms with Gasteiger partial charge in [-0.1, -0.05) is 12.1 Å². The van der Waals surface area contributed by atoms with Crippen molar-refractivity contribution in [3.63, 3.8) is 0 Å². The molecule has 0 amide bonds. The zero-order valence-corrected chi connectivity index (χ0v) is 12.1. The number of nitrogens with zero attached hydrogens (tertiary/aromatic N) is 1. The SMILES string of the molecule is CC1(C)OB(c2cc3cccnc3cc2F)OC1(C)C. The molecular weight excluding hydrogens is 256 g/mol. The van der Waals surface area contributed by atoms with E-state index in [1.807, 2.05) is 39.8 Å². The molecule has 0 spiro atoms. The van der Waals surface area contributed by atoms with E-state index in [9.17, 15) is 4.39 Å². The topological polar surface area (TPSA) is 31.4 Å². The van der Waals surface area contributed by atoms with Crippen LogP contribution in [-0.4, -0.2) is 23.3 Å². The van der Waals surface area contributed by atoms with E-state index in [-0.39, 0.29) is 5.82 Å². The van der Waals surface area contributed by atoms with Gasteiger partial charge in [-0.25, -0.2) is 4.39 Å². The number of hydrogen-bond acceptors (Lipinski definition) is 3. The van der Waals surface area contributed by atoms with Crippen molar-refractivity contribution in [2.75, 3.05) is 0 Å². The average Bonchev–Trinajstić information content (AvgIpc) is 2.57. The largest absolute Gasteiger partial charge is 0.497 e. The van der Waals surface area contributed by atoms with Crippen LogP contribution < -0.4 is 5.46 Å². The molecule has 3 nitrogen and oxygen atoms in total. The van der Waals surface area contributed by atoms with Crippen LogP contribution in [-0.2, 0) is 9.31 Å². The first-order chi connectivity index (χ1) is 9.30. The van der Waals surface area contributed by atoms with Gasteiger partial charge >= 0.3 is 7.12 Å². The monoisotopic (exact) mass is 273 g/mol. The molecule has 20 heavy (non-hydrogen) atoms. The third kappa shape index (κ3) is 2.01. The van der Waals surface area contributed by atoms with Crippen molar-refractivity contribution in [1.82, 2.24) is 4.98 Å². The van der Waals surface area contributed by atoms with E-state index in [1.165, 1.54) is 6.07 Å². The molecule has 1 aromatic carbocycles. The van der Waals surface area contributed by atoms with Crippen LogP contribution in [0, 0.1) is 5.82 Å². The number of rotatable bonds is 1. The van der Waals surface area contributed by atoms with Crippen molar-refractivity contribution in [3.8, 4) is 0 Å². The summed E-state index contributed by atoms with van der Waals surface area (Å²) in [4.78, 5) is 4.15. The molecule has 0 radical (unpaired) electrons. The van der Waals surface area contributed by atoms with Gasteiger partial charge in [-0.2, -0.15) is 0 Å². The summed E-state index contributed by atoms with van der Waals surface area (Å²) in [6, 6.07) is 6.90. The van der Waals surface area contributed by atoms with Gasteiger partial charge in [-0.3, -0.25) is 4.98 Å². The lowest BCUT2D eigenvalue weighted by atomic mass is 9.78. The van der Waals surface area contributed by atoms with Gasteiger partial charge in [0.25, 0.3) is 0 Å². The van der Waals surface area contributed by atoms with Crippen molar-refractivity contribution in [1.29, 1.82) is 0 Å². The summed E-state index contributed by atoms with van der Waals surface area (Å²) in [6.07, 6.45) is 1.65. The first kappa shape index (κ1) is 13.5. The van der Waals surface area contributed by atoms with E-state index in [0.717, 1.165) is 5.39 Å². The van der Waals surface area contributed by atoms with Crippen molar-refractivity contribution >= 4 is 23.5 Å². The Balaban J connectivity index is 2.05. The quantitative estimate of drug-likeness (QED) is 0.748. The maximum atomic E-state index is 14.3. The van der Waals surface area contributed by atoms with Gasteiger partial charge in [0.1, 0.15) is 5.82 Å². The summed E-state index contributed by atoms with van der Waals surface area (Å²) in [5.41, 5.74) is 0.0940. The second kappa shape index (κ2) is 4.27. The number of fused-ring (bicyclic) bond motifs is 1. The third-order valence-electron chi connectivity index (χ3n) is 4.23. The third-order valence-corrected chi connectivity index (χ3v) is 4.23. The fourth-order valence-electron chi connectivity index (χ4n) is 2.26. The molecular formula is C15H17BFNO2. The van der Waals surface area contributed by atoms with Gasteiger partial charge in [-0.05, 0) is 39.8 Å². The molecule has 1 aliphatic rings. The minimum Gasteiger partial charge on any atom is -0.399 e. The summed E-state index contributed by atoms with van der Waals surface area (Å²) in [5, 5.41) is 0.874. The Kier molecular flexibility index (Phi) is 2.89. The Morgan fingerprint density at radius 3 is 2.40 bits per heavy atom. The van der Waals surface area contributed by atoms with E-state index in [0.29, 0.717) is 11.0 Å². The first-order valence-corrected chi connectivity index (χ1v) is 6.70. The van der Waals surface area contributed by atoms with Crippen LogP contribution in [0.5, 0.6) is 0 Å². The predicted octanol–water partition coefficient (Wildman–Crippen LogP) is 2.67. The molecule has 2 heterocycles. The van der Waals surface area contributed by atoms with Gasteiger partial charge in [0.15, 0.2) is 0 Å². The Labute approximate surface area is 118 Å². The molecule has 0 atom stereocenters. The molecule has 1 fully saturated rings. The maximum absolute atomic E-state index is 14.3. The minimum absolute atomic E-state index is 0.352. The highest BCUT2D eigenvalue weighted by Crippen LogP contribution is 2.36. The Bertz CT molecular complexity index is 656. The lowest BCUT2D eigenvalue weighted by Crippen LogP contribution is -2.41. The Morgan fingerprint density at radius 2 is 1.75 bits per heavy atom. The van der Waals surface area contributed by atoms with Gasteiger partial charge in [0, 0.05) is 17.0 Å². The number of aromatic nitrogens is 1. The first-order valence-electron chi connectivity index (χ1n) is 6.70. The molecule has 0 aliphatic carbocycles. The van der Waals surface area contributed by atoms with Gasteiger partial charge in [-0.15, -0.1) is 0 Å². The second-order valence-corrected chi connectivity index (χ2v) is 6.16. The standard InChI is InChI=1S/C15H17BFNO2/c1-14(2)15(3,4)20-16(19-14)11-8-10-6-5-7-18-13(10)9-12(11)17/h5-9H,1-4H3. The van der Waals surface area contributed by atoms with E-state index in [1.54, 1.807) is 12.3 Å². The van der Waals surface area contributed by atoms with Crippen LogP contribution in [0.1, 0.15) is 27.7 Å². The number of pyridine rings is 1.